The minimum Gasteiger partial charge on any atom is -0.383 e. The van der Waals surface area contributed by atoms with Crippen LogP contribution < -0.4 is 16.1 Å². The highest BCUT2D eigenvalue weighted by molar-refractivity contribution is 7.80. The lowest BCUT2D eigenvalue weighted by Crippen LogP contribution is -2.51. The summed E-state index contributed by atoms with van der Waals surface area (Å²) in [5, 5.41) is 6.73. The molecule has 8 heteroatoms. The molecular weight excluding hydrogens is 316 g/mol. The lowest BCUT2D eigenvalue weighted by atomic mass is 9.87. The van der Waals surface area contributed by atoms with Crippen LogP contribution in [0.2, 0.25) is 0 Å². The molecule has 124 valence electrons. The number of ether oxygens (including phenoxy) is 1. The molecule has 1 aromatic rings. The molecule has 0 spiro atoms. The van der Waals surface area contributed by atoms with E-state index < -0.39 is 11.6 Å². The van der Waals surface area contributed by atoms with Gasteiger partial charge in [-0.1, -0.05) is 37.3 Å². The van der Waals surface area contributed by atoms with Crippen LogP contribution >= 0.6 is 12.2 Å². The van der Waals surface area contributed by atoms with Crippen molar-refractivity contribution in [1.82, 2.24) is 21.1 Å². The maximum atomic E-state index is 12.8. The quantitative estimate of drug-likeness (QED) is 0.406. The van der Waals surface area contributed by atoms with E-state index in [4.69, 9.17) is 17.0 Å². The number of amides is 3. The summed E-state index contributed by atoms with van der Waals surface area (Å²) in [6, 6.07) is 8.63. The summed E-state index contributed by atoms with van der Waals surface area (Å²) in [4.78, 5) is 25.0. The second-order valence-electron chi connectivity index (χ2n) is 5.06. The van der Waals surface area contributed by atoms with Crippen molar-refractivity contribution in [3.63, 3.8) is 0 Å². The summed E-state index contributed by atoms with van der Waals surface area (Å²) in [5.41, 5.74) is 2.30. The Labute approximate surface area is 140 Å². The lowest BCUT2D eigenvalue weighted by molar-refractivity contribution is -0.133. The summed E-state index contributed by atoms with van der Waals surface area (Å²) < 4.78 is 4.90. The van der Waals surface area contributed by atoms with E-state index in [1.807, 2.05) is 37.3 Å². The molecule has 1 heterocycles. The van der Waals surface area contributed by atoms with Crippen molar-refractivity contribution in [3.05, 3.63) is 35.9 Å². The van der Waals surface area contributed by atoms with Gasteiger partial charge in [-0.25, -0.2) is 4.79 Å². The van der Waals surface area contributed by atoms with E-state index in [0.717, 1.165) is 10.6 Å². The van der Waals surface area contributed by atoms with Gasteiger partial charge >= 0.3 is 6.03 Å². The molecule has 1 fully saturated rings. The highest BCUT2D eigenvalue weighted by Gasteiger charge is 2.51. The molecule has 7 nitrogen and oxygen atoms in total. The first-order valence-corrected chi connectivity index (χ1v) is 7.71. The monoisotopic (exact) mass is 336 g/mol. The number of carbonyl (C=O) groups is 2. The highest BCUT2D eigenvalue weighted by atomic mass is 32.1. The number of hydrazine groups is 1. The zero-order valence-electron chi connectivity index (χ0n) is 13.1. The fourth-order valence-corrected chi connectivity index (χ4v) is 2.64. The number of hydrogen-bond acceptors (Lipinski definition) is 4. The molecule has 1 aliphatic heterocycles. The molecule has 0 bridgehead atoms. The Balaban J connectivity index is 2.14. The Kier molecular flexibility index (Phi) is 5.51. The van der Waals surface area contributed by atoms with Crippen LogP contribution in [-0.4, -0.2) is 42.3 Å². The average Bonchev–Trinajstić information content (AvgIpc) is 2.81. The summed E-state index contributed by atoms with van der Waals surface area (Å²) in [7, 11) is 1.57. The van der Waals surface area contributed by atoms with Crippen LogP contribution in [0.15, 0.2) is 30.3 Å². The van der Waals surface area contributed by atoms with Gasteiger partial charge in [-0.15, -0.1) is 0 Å². The van der Waals surface area contributed by atoms with E-state index in [0.29, 0.717) is 19.6 Å². The third kappa shape index (κ3) is 3.43. The predicted octanol–water partition coefficient (Wildman–Crippen LogP) is 0.869. The molecule has 0 unspecified atom stereocenters. The number of urea groups is 1. The highest BCUT2D eigenvalue weighted by Crippen LogP contribution is 2.31. The lowest BCUT2D eigenvalue weighted by Gasteiger charge is -2.25. The molecule has 1 saturated heterocycles. The van der Waals surface area contributed by atoms with Gasteiger partial charge in [0, 0.05) is 13.7 Å². The van der Waals surface area contributed by atoms with Crippen LogP contribution in [0.25, 0.3) is 0 Å². The van der Waals surface area contributed by atoms with Crippen LogP contribution in [0, 0.1) is 0 Å². The first-order valence-electron chi connectivity index (χ1n) is 7.31. The third-order valence-electron chi connectivity index (χ3n) is 3.69. The average molecular weight is 336 g/mol. The van der Waals surface area contributed by atoms with Crippen molar-refractivity contribution in [2.24, 2.45) is 0 Å². The van der Waals surface area contributed by atoms with Gasteiger partial charge in [-0.05, 0) is 24.2 Å². The smallest absolute Gasteiger partial charge is 0.344 e. The maximum Gasteiger partial charge on any atom is 0.344 e. The molecule has 2 rings (SSSR count). The Morgan fingerprint density at radius 2 is 2.04 bits per heavy atom. The minimum absolute atomic E-state index is 0.186. The van der Waals surface area contributed by atoms with Gasteiger partial charge in [0.25, 0.3) is 5.91 Å². The van der Waals surface area contributed by atoms with Crippen molar-refractivity contribution >= 4 is 29.3 Å². The molecule has 0 radical (unpaired) electrons. The molecule has 0 saturated carbocycles. The topological polar surface area (TPSA) is 82.7 Å². The van der Waals surface area contributed by atoms with E-state index in [-0.39, 0.29) is 11.0 Å². The predicted molar refractivity (Wildman–Crippen MR) is 89.4 cm³/mol. The normalized spacial score (nSPS) is 20.3. The molecule has 23 heavy (non-hydrogen) atoms. The van der Waals surface area contributed by atoms with Crippen LogP contribution in [0.5, 0.6) is 0 Å². The number of nitrogens with zero attached hydrogens (tertiary/aromatic N) is 1. The Morgan fingerprint density at radius 1 is 1.35 bits per heavy atom. The largest absolute Gasteiger partial charge is 0.383 e. The van der Waals surface area contributed by atoms with Crippen molar-refractivity contribution < 1.29 is 14.3 Å². The number of hydrogen-bond donors (Lipinski definition) is 3. The maximum absolute atomic E-state index is 12.8. The van der Waals surface area contributed by atoms with Gasteiger partial charge in [0.1, 0.15) is 5.54 Å². The van der Waals surface area contributed by atoms with Gasteiger partial charge in [-0.3, -0.25) is 10.2 Å². The van der Waals surface area contributed by atoms with Crippen molar-refractivity contribution in [3.8, 4) is 0 Å². The Morgan fingerprint density at radius 3 is 2.65 bits per heavy atom. The number of imide groups is 1. The number of thiocarbonyl (C=S) groups is 1. The van der Waals surface area contributed by atoms with Gasteiger partial charge < -0.3 is 15.4 Å². The number of benzene rings is 1. The van der Waals surface area contributed by atoms with Crippen molar-refractivity contribution in [2.45, 2.75) is 18.9 Å². The molecule has 1 aromatic carbocycles. The van der Waals surface area contributed by atoms with Crippen LogP contribution in [0.1, 0.15) is 18.9 Å². The summed E-state index contributed by atoms with van der Waals surface area (Å²) in [5.74, 6) is -0.382. The van der Waals surface area contributed by atoms with E-state index >= 15 is 0 Å². The summed E-state index contributed by atoms with van der Waals surface area (Å²) in [6.45, 7) is 2.79. The molecular formula is C15H20N4O3S. The number of nitrogens with one attached hydrogen (secondary N) is 3. The molecule has 1 aliphatic rings. The summed E-state index contributed by atoms with van der Waals surface area (Å²) >= 11 is 5.09. The second-order valence-corrected chi connectivity index (χ2v) is 5.46. The fraction of sp³-hybridized carbons (Fsp3) is 0.400. The van der Waals surface area contributed by atoms with E-state index in [1.54, 1.807) is 7.11 Å². The second kappa shape index (κ2) is 7.38. The first kappa shape index (κ1) is 17.2. The standard InChI is InChI=1S/C15H20N4O3S/c1-3-15(11-7-5-4-6-8-11)12(20)19(14(21)17-15)18-13(23)16-9-10-22-2/h4-8H,3,9-10H2,1-2H3,(H,17,21)(H2,16,18,23)/t15-/m0/s1. The number of rotatable bonds is 6. The van der Waals surface area contributed by atoms with Crippen molar-refractivity contribution in [1.29, 1.82) is 0 Å². The van der Waals surface area contributed by atoms with Crippen LogP contribution in [-0.2, 0) is 15.1 Å². The third-order valence-corrected chi connectivity index (χ3v) is 3.93. The first-order chi connectivity index (χ1) is 11.0. The SMILES string of the molecule is CC[C@@]1(c2ccccc2)NC(=O)N(NC(=S)NCCOC)C1=O. The fourth-order valence-electron chi connectivity index (χ4n) is 2.45. The zero-order chi connectivity index (χ0) is 16.9. The molecule has 3 amide bonds. The molecule has 3 N–H and O–H groups in total. The molecule has 1 atom stereocenters. The van der Waals surface area contributed by atoms with Gasteiger partial charge in [-0.2, -0.15) is 5.01 Å². The van der Waals surface area contributed by atoms with Gasteiger partial charge in [0.2, 0.25) is 0 Å². The zero-order valence-corrected chi connectivity index (χ0v) is 13.9. The van der Waals surface area contributed by atoms with Crippen LogP contribution in [0.4, 0.5) is 4.79 Å². The van der Waals surface area contributed by atoms with E-state index in [1.165, 1.54) is 0 Å². The van der Waals surface area contributed by atoms with Crippen molar-refractivity contribution in [2.75, 3.05) is 20.3 Å². The Bertz CT molecular complexity index is 596. The van der Waals surface area contributed by atoms with E-state index in [2.05, 4.69) is 16.1 Å². The molecule has 0 aliphatic carbocycles. The van der Waals surface area contributed by atoms with Gasteiger partial charge in [0.15, 0.2) is 5.11 Å². The van der Waals surface area contributed by atoms with Gasteiger partial charge in [0.05, 0.1) is 6.61 Å². The van der Waals surface area contributed by atoms with Crippen LogP contribution in [0.3, 0.4) is 0 Å². The number of carbonyl (C=O) groups excluding carboxylic acids is 2. The van der Waals surface area contributed by atoms with E-state index in [9.17, 15) is 9.59 Å². The molecule has 0 aromatic heterocycles. The Hall–Kier alpha value is -2.19. The minimum atomic E-state index is -1.08. The summed E-state index contributed by atoms with van der Waals surface area (Å²) in [6.07, 6.45) is 0.434. The number of methoxy groups -OCH3 is 1.